The molecule has 1 fully saturated rings. The van der Waals surface area contributed by atoms with Crippen LogP contribution in [0, 0.1) is 0 Å². The number of pyridine rings is 1. The minimum absolute atomic E-state index is 0.137. The largest absolute Gasteiger partial charge is 0.306 e. The van der Waals surface area contributed by atoms with Crippen LogP contribution in [0.25, 0.3) is 28.2 Å². The van der Waals surface area contributed by atoms with Crippen molar-refractivity contribution in [3.63, 3.8) is 0 Å². The highest BCUT2D eigenvalue weighted by molar-refractivity contribution is 5.79. The quantitative estimate of drug-likeness (QED) is 0.592. The van der Waals surface area contributed by atoms with E-state index in [0.29, 0.717) is 29.3 Å². The Bertz CT molecular complexity index is 1180. The van der Waals surface area contributed by atoms with Gasteiger partial charge in [-0.25, -0.2) is 19.6 Å². The molecule has 0 unspecified atom stereocenters. The summed E-state index contributed by atoms with van der Waals surface area (Å²) in [5, 5.41) is 5.37. The Morgan fingerprint density at radius 3 is 2.86 bits per heavy atom. The lowest BCUT2D eigenvalue weighted by Crippen LogP contribution is -2.13. The second-order valence-corrected chi connectivity index (χ2v) is 7.17. The molecule has 8 heteroatoms. The summed E-state index contributed by atoms with van der Waals surface area (Å²) < 4.78 is 3.80. The van der Waals surface area contributed by atoms with E-state index in [0.717, 1.165) is 29.9 Å². The Morgan fingerprint density at radius 1 is 1.25 bits per heavy atom. The molecule has 0 atom stereocenters. The first-order valence-electron chi connectivity index (χ1n) is 9.70. The zero-order chi connectivity index (χ0) is 19.1. The Hall–Kier alpha value is -3.29. The van der Waals surface area contributed by atoms with Crippen molar-refractivity contribution in [2.75, 3.05) is 0 Å². The van der Waals surface area contributed by atoms with E-state index in [9.17, 15) is 4.79 Å². The van der Waals surface area contributed by atoms with Gasteiger partial charge in [-0.05, 0) is 31.4 Å². The number of nitrogens with zero attached hydrogens (tertiary/aromatic N) is 6. The highest BCUT2D eigenvalue weighted by Crippen LogP contribution is 2.32. The van der Waals surface area contributed by atoms with E-state index in [1.165, 1.54) is 12.8 Å². The Morgan fingerprint density at radius 2 is 2.11 bits per heavy atom. The molecule has 4 heterocycles. The summed E-state index contributed by atoms with van der Waals surface area (Å²) in [6, 6.07) is 4.06. The molecule has 142 valence electrons. The van der Waals surface area contributed by atoms with Gasteiger partial charge in [0.05, 0.1) is 11.7 Å². The summed E-state index contributed by atoms with van der Waals surface area (Å²) in [5.74, 6) is 1.25. The Balaban J connectivity index is 1.68. The van der Waals surface area contributed by atoms with Crippen molar-refractivity contribution in [2.24, 2.45) is 0 Å². The number of hydrogen-bond donors (Lipinski definition) is 1. The summed E-state index contributed by atoms with van der Waals surface area (Å²) in [7, 11) is 0. The first kappa shape index (κ1) is 16.9. The number of nitrogens with one attached hydrogen (secondary N) is 1. The molecule has 1 aliphatic rings. The first-order valence-corrected chi connectivity index (χ1v) is 9.70. The minimum atomic E-state index is -0.137. The number of aryl methyl sites for hydroxylation is 1. The lowest BCUT2D eigenvalue weighted by Gasteiger charge is -2.11. The summed E-state index contributed by atoms with van der Waals surface area (Å²) in [6.45, 7) is 2.02. The van der Waals surface area contributed by atoms with Crippen LogP contribution in [0.3, 0.4) is 0 Å². The minimum Gasteiger partial charge on any atom is -0.306 e. The van der Waals surface area contributed by atoms with E-state index in [1.807, 2.05) is 34.5 Å². The van der Waals surface area contributed by atoms with Gasteiger partial charge in [-0.2, -0.15) is 5.10 Å². The summed E-state index contributed by atoms with van der Waals surface area (Å²) in [5.41, 5.74) is 2.16. The van der Waals surface area contributed by atoms with Crippen LogP contribution in [0.4, 0.5) is 0 Å². The number of fused-ring (bicyclic) bond motifs is 1. The predicted molar refractivity (Wildman–Crippen MR) is 105 cm³/mol. The van der Waals surface area contributed by atoms with Crippen LogP contribution in [0.2, 0.25) is 0 Å². The summed E-state index contributed by atoms with van der Waals surface area (Å²) in [6.07, 6.45) is 12.2. The molecule has 0 amide bonds. The first-order chi connectivity index (χ1) is 13.7. The molecule has 28 heavy (non-hydrogen) atoms. The standard InChI is InChI=1S/C20H21N7O/c1-2-15-17-19(27(25-15)14-5-3-4-6-14)23-18(24-20(17)28)13-7-8-22-16(11-13)26-10-9-21-12-26/h7-12,14H,2-6H2,1H3,(H,23,24,28). The second-order valence-electron chi connectivity index (χ2n) is 7.17. The molecule has 1 saturated carbocycles. The molecule has 4 aromatic rings. The maximum absolute atomic E-state index is 12.9. The van der Waals surface area contributed by atoms with Gasteiger partial charge < -0.3 is 4.98 Å². The predicted octanol–water partition coefficient (Wildman–Crippen LogP) is 3.04. The molecular weight excluding hydrogens is 354 g/mol. The second kappa shape index (κ2) is 6.70. The van der Waals surface area contributed by atoms with Crippen molar-refractivity contribution >= 4 is 11.0 Å². The number of rotatable bonds is 4. The fourth-order valence-corrected chi connectivity index (χ4v) is 4.00. The van der Waals surface area contributed by atoms with Crippen LogP contribution < -0.4 is 5.56 Å². The third-order valence-electron chi connectivity index (χ3n) is 5.43. The van der Waals surface area contributed by atoms with Crippen molar-refractivity contribution in [3.05, 3.63) is 53.1 Å². The van der Waals surface area contributed by atoms with Gasteiger partial charge in [-0.1, -0.05) is 19.8 Å². The topological polar surface area (TPSA) is 94.3 Å². The molecule has 4 aromatic heterocycles. The third-order valence-corrected chi connectivity index (χ3v) is 5.43. The van der Waals surface area contributed by atoms with E-state index >= 15 is 0 Å². The van der Waals surface area contributed by atoms with Crippen LogP contribution >= 0.6 is 0 Å². The SMILES string of the molecule is CCc1nn(C2CCCC2)c2nc(-c3ccnc(-n4ccnc4)c3)[nH]c(=O)c12. The number of hydrogen-bond acceptors (Lipinski definition) is 5. The van der Waals surface area contributed by atoms with Gasteiger partial charge in [0.15, 0.2) is 5.65 Å². The lowest BCUT2D eigenvalue weighted by molar-refractivity contribution is 0.474. The maximum atomic E-state index is 12.9. The van der Waals surface area contributed by atoms with Crippen molar-refractivity contribution in [2.45, 2.75) is 45.1 Å². The highest BCUT2D eigenvalue weighted by atomic mass is 16.1. The van der Waals surface area contributed by atoms with Crippen LogP contribution in [-0.4, -0.2) is 34.3 Å². The molecule has 0 spiro atoms. The van der Waals surface area contributed by atoms with Crippen molar-refractivity contribution in [1.82, 2.24) is 34.3 Å². The van der Waals surface area contributed by atoms with Crippen LogP contribution in [0.1, 0.15) is 44.3 Å². The average molecular weight is 375 g/mol. The molecule has 0 radical (unpaired) electrons. The van der Waals surface area contributed by atoms with Crippen molar-refractivity contribution in [1.29, 1.82) is 0 Å². The maximum Gasteiger partial charge on any atom is 0.262 e. The normalized spacial score (nSPS) is 14.9. The monoisotopic (exact) mass is 375 g/mol. The zero-order valence-corrected chi connectivity index (χ0v) is 15.7. The molecule has 1 N–H and O–H groups in total. The lowest BCUT2D eigenvalue weighted by atomic mass is 10.2. The molecule has 5 rings (SSSR count). The van der Waals surface area contributed by atoms with Crippen LogP contribution in [-0.2, 0) is 6.42 Å². The number of aromatic nitrogens is 7. The Labute approximate surface area is 161 Å². The van der Waals surface area contributed by atoms with Gasteiger partial charge in [-0.15, -0.1) is 0 Å². The Kier molecular flexibility index (Phi) is 4.03. The third kappa shape index (κ3) is 2.72. The van der Waals surface area contributed by atoms with E-state index < -0.39 is 0 Å². The average Bonchev–Trinajstić information content (AvgIpc) is 3.47. The molecule has 0 aliphatic heterocycles. The van der Waals surface area contributed by atoms with Crippen LogP contribution in [0.5, 0.6) is 0 Å². The zero-order valence-electron chi connectivity index (χ0n) is 15.7. The smallest absolute Gasteiger partial charge is 0.262 e. The molecule has 1 aliphatic carbocycles. The van der Waals surface area contributed by atoms with Gasteiger partial charge in [0.2, 0.25) is 0 Å². The molecule has 0 aromatic carbocycles. The summed E-state index contributed by atoms with van der Waals surface area (Å²) in [4.78, 5) is 29.1. The fraction of sp³-hybridized carbons (Fsp3) is 0.350. The van der Waals surface area contributed by atoms with E-state index in [-0.39, 0.29) is 5.56 Å². The van der Waals surface area contributed by atoms with E-state index in [1.54, 1.807) is 18.7 Å². The van der Waals surface area contributed by atoms with E-state index in [4.69, 9.17) is 10.1 Å². The fourth-order valence-electron chi connectivity index (χ4n) is 4.00. The molecule has 0 bridgehead atoms. The van der Waals surface area contributed by atoms with Gasteiger partial charge in [0, 0.05) is 24.2 Å². The van der Waals surface area contributed by atoms with Gasteiger partial charge in [0.1, 0.15) is 23.4 Å². The number of H-pyrrole nitrogens is 1. The van der Waals surface area contributed by atoms with E-state index in [2.05, 4.69) is 15.0 Å². The van der Waals surface area contributed by atoms with Crippen LogP contribution in [0.15, 0.2) is 41.8 Å². The van der Waals surface area contributed by atoms with Gasteiger partial charge in [0.25, 0.3) is 5.56 Å². The van der Waals surface area contributed by atoms with Gasteiger partial charge in [-0.3, -0.25) is 9.36 Å². The highest BCUT2D eigenvalue weighted by Gasteiger charge is 2.24. The molecular formula is C20H21N7O. The number of imidazole rings is 1. The molecule has 8 nitrogen and oxygen atoms in total. The number of aromatic amines is 1. The van der Waals surface area contributed by atoms with Crippen molar-refractivity contribution < 1.29 is 0 Å². The van der Waals surface area contributed by atoms with Crippen molar-refractivity contribution in [3.8, 4) is 17.2 Å². The van der Waals surface area contributed by atoms with Gasteiger partial charge >= 0.3 is 0 Å². The molecule has 0 saturated heterocycles. The summed E-state index contributed by atoms with van der Waals surface area (Å²) >= 11 is 0.